The molecule has 0 aromatic heterocycles. The Hall–Kier alpha value is -1.02. The number of benzene rings is 1. The molecule has 2 nitrogen and oxygen atoms in total. The highest BCUT2D eigenvalue weighted by Gasteiger charge is 2.26. The van der Waals surface area contributed by atoms with Gasteiger partial charge in [-0.25, -0.2) is 0 Å². The molecule has 3 unspecified atom stereocenters. The van der Waals surface area contributed by atoms with E-state index in [0.29, 0.717) is 22.3 Å². The minimum Gasteiger partial charge on any atom is -0.490 e. The Kier molecular flexibility index (Phi) is 4.51. The first kappa shape index (κ1) is 14.4. The summed E-state index contributed by atoms with van der Waals surface area (Å²) in [6, 6.07) is 5.27. The highest BCUT2D eigenvalue weighted by Crippen LogP contribution is 2.33. The average molecular weight is 281 g/mol. The lowest BCUT2D eigenvalue weighted by Crippen LogP contribution is -2.29. The third-order valence-electron chi connectivity index (χ3n) is 4.16. The molecule has 1 fully saturated rings. The van der Waals surface area contributed by atoms with Crippen LogP contribution in [0.5, 0.6) is 5.75 Å². The first-order valence-electron chi connectivity index (χ1n) is 6.94. The maximum absolute atomic E-state index is 11.6. The summed E-state index contributed by atoms with van der Waals surface area (Å²) in [6.45, 7) is 6.11. The second-order valence-corrected chi connectivity index (χ2v) is 6.14. The van der Waals surface area contributed by atoms with Crippen molar-refractivity contribution in [1.82, 2.24) is 0 Å². The highest BCUT2D eigenvalue weighted by molar-refractivity contribution is 6.31. The van der Waals surface area contributed by atoms with Crippen LogP contribution in [0.2, 0.25) is 5.02 Å². The fraction of sp³-hybridized carbons (Fsp3) is 0.562. The summed E-state index contributed by atoms with van der Waals surface area (Å²) < 4.78 is 6.04. The molecule has 1 aliphatic carbocycles. The largest absolute Gasteiger partial charge is 0.490 e. The summed E-state index contributed by atoms with van der Waals surface area (Å²) in [5.74, 6) is 2.10. The summed E-state index contributed by atoms with van der Waals surface area (Å²) >= 11 is 5.94. The molecule has 0 N–H and O–H groups in total. The summed E-state index contributed by atoms with van der Waals surface area (Å²) in [5, 5.41) is 0.572. The van der Waals surface area contributed by atoms with E-state index in [9.17, 15) is 4.79 Å². The van der Waals surface area contributed by atoms with Crippen LogP contribution in [0.1, 0.15) is 50.4 Å². The summed E-state index contributed by atoms with van der Waals surface area (Å²) in [5.41, 5.74) is 0.582. The van der Waals surface area contributed by atoms with E-state index in [1.807, 2.05) is 6.07 Å². The van der Waals surface area contributed by atoms with Crippen molar-refractivity contribution in [2.24, 2.45) is 11.8 Å². The highest BCUT2D eigenvalue weighted by atomic mass is 35.5. The third-order valence-corrected chi connectivity index (χ3v) is 4.40. The lowest BCUT2D eigenvalue weighted by Gasteiger charge is -2.32. The second-order valence-electron chi connectivity index (χ2n) is 5.70. The molecule has 104 valence electrons. The smallest absolute Gasteiger partial charge is 0.163 e. The van der Waals surface area contributed by atoms with Gasteiger partial charge in [0.2, 0.25) is 0 Å². The van der Waals surface area contributed by atoms with Gasteiger partial charge in [-0.15, -0.1) is 0 Å². The fourth-order valence-corrected chi connectivity index (χ4v) is 2.84. The van der Waals surface area contributed by atoms with Gasteiger partial charge in [-0.05, 0) is 56.2 Å². The standard InChI is InChI=1S/C16H21ClO2/c1-10-4-6-14(8-11(10)2)19-16-7-5-13(17)9-15(16)12(3)18/h5,7,9-11,14H,4,6,8H2,1-3H3. The van der Waals surface area contributed by atoms with Crippen LogP contribution in [0.4, 0.5) is 0 Å². The van der Waals surface area contributed by atoms with E-state index in [0.717, 1.165) is 18.8 Å². The predicted molar refractivity (Wildman–Crippen MR) is 78.1 cm³/mol. The van der Waals surface area contributed by atoms with Gasteiger partial charge in [0.05, 0.1) is 11.7 Å². The number of hydrogen-bond donors (Lipinski definition) is 0. The number of Topliss-reactive ketones (excluding diaryl/α,β-unsaturated/α-hetero) is 1. The lowest BCUT2D eigenvalue weighted by molar-refractivity contribution is 0.0939. The number of halogens is 1. The lowest BCUT2D eigenvalue weighted by atomic mass is 9.80. The van der Waals surface area contributed by atoms with Crippen LogP contribution >= 0.6 is 11.6 Å². The zero-order valence-electron chi connectivity index (χ0n) is 11.8. The van der Waals surface area contributed by atoms with Crippen LogP contribution in [-0.4, -0.2) is 11.9 Å². The van der Waals surface area contributed by atoms with Crippen molar-refractivity contribution in [3.05, 3.63) is 28.8 Å². The van der Waals surface area contributed by atoms with Crippen LogP contribution in [-0.2, 0) is 0 Å². The summed E-state index contributed by atoms with van der Waals surface area (Å²) in [4.78, 5) is 11.6. The first-order chi connectivity index (χ1) is 8.97. The zero-order chi connectivity index (χ0) is 14.0. The van der Waals surface area contributed by atoms with Gasteiger partial charge in [0.25, 0.3) is 0 Å². The number of carbonyl (C=O) groups excluding carboxylic acids is 1. The molecule has 0 saturated heterocycles. The van der Waals surface area contributed by atoms with Gasteiger partial charge in [-0.1, -0.05) is 25.4 Å². The van der Waals surface area contributed by atoms with Gasteiger partial charge in [-0.3, -0.25) is 4.79 Å². The van der Waals surface area contributed by atoms with Crippen molar-refractivity contribution in [2.75, 3.05) is 0 Å². The molecule has 0 heterocycles. The molecule has 19 heavy (non-hydrogen) atoms. The predicted octanol–water partition coefficient (Wildman–Crippen LogP) is 4.75. The van der Waals surface area contributed by atoms with E-state index in [2.05, 4.69) is 13.8 Å². The number of ether oxygens (including phenoxy) is 1. The number of rotatable bonds is 3. The van der Waals surface area contributed by atoms with E-state index in [4.69, 9.17) is 16.3 Å². The van der Waals surface area contributed by atoms with Crippen molar-refractivity contribution in [3.63, 3.8) is 0 Å². The molecular formula is C16H21ClO2. The Labute approximate surface area is 120 Å². The Bertz CT molecular complexity index is 470. The second kappa shape index (κ2) is 5.96. The maximum atomic E-state index is 11.6. The Morgan fingerprint density at radius 1 is 1.26 bits per heavy atom. The number of carbonyl (C=O) groups is 1. The monoisotopic (exact) mass is 280 g/mol. The van der Waals surface area contributed by atoms with Crippen LogP contribution in [0.25, 0.3) is 0 Å². The minimum absolute atomic E-state index is 0.00488. The molecule has 0 radical (unpaired) electrons. The van der Waals surface area contributed by atoms with Crippen LogP contribution in [0, 0.1) is 11.8 Å². The molecule has 0 aliphatic heterocycles. The Morgan fingerprint density at radius 3 is 2.63 bits per heavy atom. The fourth-order valence-electron chi connectivity index (χ4n) is 2.66. The van der Waals surface area contributed by atoms with E-state index >= 15 is 0 Å². The SMILES string of the molecule is CC(=O)c1cc(Cl)ccc1OC1CCC(C)C(C)C1. The van der Waals surface area contributed by atoms with E-state index in [-0.39, 0.29) is 11.9 Å². The quantitative estimate of drug-likeness (QED) is 0.747. The van der Waals surface area contributed by atoms with Crippen LogP contribution in [0.3, 0.4) is 0 Å². The van der Waals surface area contributed by atoms with Crippen molar-refractivity contribution in [1.29, 1.82) is 0 Å². The summed E-state index contributed by atoms with van der Waals surface area (Å²) in [6.07, 6.45) is 3.52. The molecule has 1 aromatic rings. The molecular weight excluding hydrogens is 260 g/mol. The molecule has 1 aliphatic rings. The van der Waals surface area contributed by atoms with Crippen LogP contribution in [0.15, 0.2) is 18.2 Å². The van der Waals surface area contributed by atoms with Crippen molar-refractivity contribution < 1.29 is 9.53 Å². The maximum Gasteiger partial charge on any atom is 0.163 e. The zero-order valence-corrected chi connectivity index (χ0v) is 12.5. The van der Waals surface area contributed by atoms with Gasteiger partial charge in [-0.2, -0.15) is 0 Å². The normalized spacial score (nSPS) is 27.1. The van der Waals surface area contributed by atoms with E-state index < -0.39 is 0 Å². The molecule has 1 aromatic carbocycles. The average Bonchev–Trinajstić information content (AvgIpc) is 2.36. The molecule has 0 spiro atoms. The first-order valence-corrected chi connectivity index (χ1v) is 7.32. The van der Waals surface area contributed by atoms with Crippen molar-refractivity contribution >= 4 is 17.4 Å². The molecule has 3 heteroatoms. The number of hydrogen-bond acceptors (Lipinski definition) is 2. The van der Waals surface area contributed by atoms with E-state index in [1.54, 1.807) is 19.1 Å². The number of ketones is 1. The molecule has 1 saturated carbocycles. The molecule has 0 bridgehead atoms. The molecule has 3 atom stereocenters. The van der Waals surface area contributed by atoms with Crippen molar-refractivity contribution in [2.45, 2.75) is 46.1 Å². The van der Waals surface area contributed by atoms with Crippen LogP contribution < -0.4 is 4.74 Å². The Morgan fingerprint density at radius 2 is 2.00 bits per heavy atom. The molecule has 0 amide bonds. The summed E-state index contributed by atoms with van der Waals surface area (Å²) in [7, 11) is 0. The Balaban J connectivity index is 2.13. The van der Waals surface area contributed by atoms with Crippen molar-refractivity contribution in [3.8, 4) is 5.75 Å². The van der Waals surface area contributed by atoms with Gasteiger partial charge in [0.15, 0.2) is 5.78 Å². The third kappa shape index (κ3) is 3.50. The minimum atomic E-state index is -0.00488. The topological polar surface area (TPSA) is 26.3 Å². The van der Waals surface area contributed by atoms with Gasteiger partial charge in [0.1, 0.15) is 5.75 Å². The van der Waals surface area contributed by atoms with E-state index in [1.165, 1.54) is 6.42 Å². The van der Waals surface area contributed by atoms with Gasteiger partial charge in [0, 0.05) is 5.02 Å². The molecule has 2 rings (SSSR count). The van der Waals surface area contributed by atoms with Gasteiger partial charge >= 0.3 is 0 Å². The van der Waals surface area contributed by atoms with Gasteiger partial charge < -0.3 is 4.74 Å².